The molecule has 0 atom stereocenters. The number of aromatic carboxylic acids is 1. The smallest absolute Gasteiger partial charge is 0.471 e. The van der Waals surface area contributed by atoms with Crippen molar-refractivity contribution in [3.05, 3.63) is 34.1 Å². The highest BCUT2D eigenvalue weighted by molar-refractivity contribution is 6.02. The summed E-state index contributed by atoms with van der Waals surface area (Å²) in [5, 5.41) is 10.4. The number of halogens is 3. The van der Waals surface area contributed by atoms with E-state index in [0.717, 1.165) is 18.2 Å². The highest BCUT2D eigenvalue weighted by Gasteiger charge is 2.38. The summed E-state index contributed by atoms with van der Waals surface area (Å²) in [5.74, 6) is -4.09. The summed E-state index contributed by atoms with van der Waals surface area (Å²) in [5.41, 5.74) is -1.39. The largest absolute Gasteiger partial charge is 0.478 e. The molecule has 0 aromatic carbocycles. The van der Waals surface area contributed by atoms with Crippen LogP contribution in [0, 0.1) is 0 Å². The molecule has 0 aliphatic rings. The number of amides is 1. The van der Waals surface area contributed by atoms with Gasteiger partial charge in [-0.1, -0.05) is 0 Å². The van der Waals surface area contributed by atoms with E-state index in [1.807, 2.05) is 0 Å². The minimum atomic E-state index is -5.09. The van der Waals surface area contributed by atoms with Crippen molar-refractivity contribution in [1.29, 1.82) is 0 Å². The van der Waals surface area contributed by atoms with E-state index in [2.05, 4.69) is 9.97 Å². The number of pyridine rings is 2. The van der Waals surface area contributed by atoms with Gasteiger partial charge in [0.1, 0.15) is 11.5 Å². The molecular formula is C11H6F3N3O4. The fraction of sp³-hybridized carbons (Fsp3) is 0.0909. The first-order valence-electron chi connectivity index (χ1n) is 5.34. The molecule has 2 heterocycles. The van der Waals surface area contributed by atoms with Crippen molar-refractivity contribution in [1.82, 2.24) is 9.97 Å². The van der Waals surface area contributed by atoms with Crippen LogP contribution in [0.4, 0.5) is 19.0 Å². The summed E-state index contributed by atoms with van der Waals surface area (Å²) in [6, 6.07) is 2.95. The molecule has 2 rings (SSSR count). The van der Waals surface area contributed by atoms with Crippen LogP contribution in [-0.4, -0.2) is 33.1 Å². The molecule has 10 heteroatoms. The summed E-state index contributed by atoms with van der Waals surface area (Å²) in [6.45, 7) is 0. The lowest BCUT2D eigenvalue weighted by Gasteiger charge is -2.08. The van der Waals surface area contributed by atoms with Crippen LogP contribution in [0.5, 0.6) is 0 Å². The van der Waals surface area contributed by atoms with E-state index in [4.69, 9.17) is 5.11 Å². The number of carbonyl (C=O) groups excluding carboxylic acids is 1. The zero-order valence-electron chi connectivity index (χ0n) is 9.99. The number of carboxylic acid groups (broad SMARTS) is 1. The van der Waals surface area contributed by atoms with Gasteiger partial charge in [0.15, 0.2) is 0 Å². The van der Waals surface area contributed by atoms with E-state index >= 15 is 0 Å². The van der Waals surface area contributed by atoms with Crippen molar-refractivity contribution < 1.29 is 27.9 Å². The van der Waals surface area contributed by atoms with E-state index in [1.165, 1.54) is 5.32 Å². The van der Waals surface area contributed by atoms with Gasteiger partial charge in [-0.3, -0.25) is 9.59 Å². The van der Waals surface area contributed by atoms with Gasteiger partial charge in [0.05, 0.1) is 5.56 Å². The Morgan fingerprint density at radius 2 is 1.95 bits per heavy atom. The highest BCUT2D eigenvalue weighted by atomic mass is 19.4. The number of rotatable bonds is 2. The van der Waals surface area contributed by atoms with E-state index < -0.39 is 29.4 Å². The van der Waals surface area contributed by atoms with E-state index in [0.29, 0.717) is 0 Å². The molecule has 3 N–H and O–H groups in total. The zero-order valence-corrected chi connectivity index (χ0v) is 9.99. The number of hydrogen-bond acceptors (Lipinski definition) is 4. The molecule has 21 heavy (non-hydrogen) atoms. The Morgan fingerprint density at radius 1 is 1.29 bits per heavy atom. The van der Waals surface area contributed by atoms with Gasteiger partial charge in [0.25, 0.3) is 0 Å². The minimum Gasteiger partial charge on any atom is -0.478 e. The van der Waals surface area contributed by atoms with E-state index in [9.17, 15) is 27.6 Å². The molecule has 110 valence electrons. The van der Waals surface area contributed by atoms with Crippen molar-refractivity contribution in [3.8, 4) is 0 Å². The van der Waals surface area contributed by atoms with Gasteiger partial charge >= 0.3 is 18.1 Å². The molecule has 7 nitrogen and oxygen atoms in total. The Hall–Kier alpha value is -2.91. The number of carbonyl (C=O) groups is 2. The highest BCUT2D eigenvalue weighted by Crippen LogP contribution is 2.20. The van der Waals surface area contributed by atoms with Crippen LogP contribution in [0.3, 0.4) is 0 Å². The van der Waals surface area contributed by atoms with Gasteiger partial charge < -0.3 is 15.4 Å². The number of aromatic amines is 1. The van der Waals surface area contributed by atoms with Crippen molar-refractivity contribution in [2.45, 2.75) is 6.18 Å². The predicted molar refractivity (Wildman–Crippen MR) is 64.0 cm³/mol. The third-order valence-electron chi connectivity index (χ3n) is 2.43. The maximum absolute atomic E-state index is 12.1. The minimum absolute atomic E-state index is 0.0205. The summed E-state index contributed by atoms with van der Waals surface area (Å²) in [4.78, 5) is 38.8. The average molecular weight is 301 g/mol. The first-order valence-corrected chi connectivity index (χ1v) is 5.34. The number of fused-ring (bicyclic) bond motifs is 1. The first kappa shape index (κ1) is 14.5. The molecule has 0 bridgehead atoms. The molecule has 0 aliphatic heterocycles. The van der Waals surface area contributed by atoms with E-state index in [-0.39, 0.29) is 16.6 Å². The summed E-state index contributed by atoms with van der Waals surface area (Å²) < 4.78 is 36.3. The van der Waals surface area contributed by atoms with Crippen molar-refractivity contribution in [3.63, 3.8) is 0 Å². The lowest BCUT2D eigenvalue weighted by molar-refractivity contribution is -0.167. The van der Waals surface area contributed by atoms with Crippen LogP contribution in [-0.2, 0) is 4.79 Å². The van der Waals surface area contributed by atoms with Crippen LogP contribution in [0.2, 0.25) is 0 Å². The topological polar surface area (TPSA) is 112 Å². The molecular weight excluding hydrogens is 295 g/mol. The van der Waals surface area contributed by atoms with Crippen LogP contribution < -0.4 is 10.9 Å². The summed E-state index contributed by atoms with van der Waals surface area (Å²) in [7, 11) is 0. The van der Waals surface area contributed by atoms with Gasteiger partial charge in [-0.05, 0) is 12.1 Å². The number of nitrogens with zero attached hydrogens (tertiary/aromatic N) is 1. The Balaban J connectivity index is 2.50. The molecule has 0 saturated heterocycles. The Kier molecular flexibility index (Phi) is 3.37. The second-order valence-corrected chi connectivity index (χ2v) is 3.90. The van der Waals surface area contributed by atoms with Crippen molar-refractivity contribution in [2.75, 3.05) is 5.32 Å². The van der Waals surface area contributed by atoms with Gasteiger partial charge in [0, 0.05) is 11.5 Å². The number of nitrogens with one attached hydrogen (secondary N) is 2. The van der Waals surface area contributed by atoms with Crippen LogP contribution in [0.15, 0.2) is 23.0 Å². The average Bonchev–Trinajstić information content (AvgIpc) is 2.35. The molecule has 0 saturated carbocycles. The Bertz CT molecular complexity index is 797. The van der Waals surface area contributed by atoms with Gasteiger partial charge in [-0.15, -0.1) is 0 Å². The van der Waals surface area contributed by atoms with Crippen molar-refractivity contribution in [2.24, 2.45) is 0 Å². The molecule has 1 amide bonds. The zero-order chi connectivity index (χ0) is 15.8. The Labute approximate surface area is 113 Å². The van der Waals surface area contributed by atoms with Gasteiger partial charge in [-0.25, -0.2) is 9.78 Å². The third-order valence-corrected chi connectivity index (χ3v) is 2.43. The molecule has 0 radical (unpaired) electrons. The lowest BCUT2D eigenvalue weighted by Crippen LogP contribution is -2.30. The number of anilines is 1. The van der Waals surface area contributed by atoms with Crippen LogP contribution in [0.25, 0.3) is 11.0 Å². The van der Waals surface area contributed by atoms with Gasteiger partial charge in [0.2, 0.25) is 5.56 Å². The van der Waals surface area contributed by atoms with Gasteiger partial charge in [-0.2, -0.15) is 13.2 Å². The summed E-state index contributed by atoms with van der Waals surface area (Å²) >= 11 is 0. The molecule has 0 unspecified atom stereocenters. The monoisotopic (exact) mass is 301 g/mol. The molecule has 2 aromatic rings. The maximum Gasteiger partial charge on any atom is 0.471 e. The standard InChI is InChI=1S/C11H6F3N3O4/c12-11(13,14)10(21)16-6-2-1-4-5(9(19)20)3-7(18)17-8(4)15-6/h1-3H,(H,19,20)(H2,15,16,17,18,21). The quantitative estimate of drug-likeness (QED) is 0.769. The SMILES string of the molecule is O=C(O)c1cc(=O)[nH]c2nc(NC(=O)C(F)(F)F)ccc12. The number of H-pyrrole nitrogens is 1. The molecule has 0 fully saturated rings. The summed E-state index contributed by atoms with van der Waals surface area (Å²) in [6.07, 6.45) is -5.09. The van der Waals surface area contributed by atoms with E-state index in [1.54, 1.807) is 0 Å². The third kappa shape index (κ3) is 2.99. The molecule has 0 spiro atoms. The second-order valence-electron chi connectivity index (χ2n) is 3.90. The van der Waals surface area contributed by atoms with Crippen LogP contribution >= 0.6 is 0 Å². The molecule has 0 aliphatic carbocycles. The number of alkyl halides is 3. The lowest BCUT2D eigenvalue weighted by atomic mass is 10.1. The fourth-order valence-electron chi connectivity index (χ4n) is 1.57. The molecule has 2 aromatic heterocycles. The predicted octanol–water partition coefficient (Wildman–Crippen LogP) is 1.12. The number of aromatic nitrogens is 2. The van der Waals surface area contributed by atoms with Crippen LogP contribution in [0.1, 0.15) is 10.4 Å². The number of carboxylic acids is 1. The maximum atomic E-state index is 12.1. The van der Waals surface area contributed by atoms with Crippen molar-refractivity contribution >= 4 is 28.7 Å². The first-order chi connectivity index (χ1) is 9.68. The normalized spacial score (nSPS) is 11.4. The number of hydrogen-bond donors (Lipinski definition) is 3. The Morgan fingerprint density at radius 3 is 2.52 bits per heavy atom. The second kappa shape index (κ2) is 4.89. The fourth-order valence-corrected chi connectivity index (χ4v) is 1.57.